The van der Waals surface area contributed by atoms with Crippen molar-refractivity contribution >= 4 is 33.8 Å². The minimum absolute atomic E-state index is 0.0317. The number of aldehydes is 1. The summed E-state index contributed by atoms with van der Waals surface area (Å²) in [7, 11) is 0. The summed E-state index contributed by atoms with van der Waals surface area (Å²) in [5.74, 6) is -4.36. The molecule has 16 heavy (non-hydrogen) atoms. The van der Waals surface area contributed by atoms with Crippen molar-refractivity contribution in [1.82, 2.24) is 0 Å². The summed E-state index contributed by atoms with van der Waals surface area (Å²) in [6.07, 6.45) is 0.525. The maximum absolute atomic E-state index is 13.5. The molecule has 1 nitrogen and oxygen atoms in total. The van der Waals surface area contributed by atoms with Gasteiger partial charge in [0.1, 0.15) is 11.3 Å². The Labute approximate surface area is 104 Å². The standard InChI is InChI=1S/C10H7BrClF3O/c1-4(2-3-16)5-6(11)9(14)7(12)10(15)8(5)13/h3-4H,2H2,1H3. The second-order valence-electron chi connectivity index (χ2n) is 3.29. The fourth-order valence-corrected chi connectivity index (χ4v) is 2.37. The monoisotopic (exact) mass is 314 g/mol. The zero-order chi connectivity index (χ0) is 12.5. The average Bonchev–Trinajstić information content (AvgIpc) is 2.24. The second-order valence-corrected chi connectivity index (χ2v) is 4.46. The van der Waals surface area contributed by atoms with E-state index in [1.165, 1.54) is 6.92 Å². The van der Waals surface area contributed by atoms with Gasteiger partial charge in [-0.15, -0.1) is 0 Å². The fourth-order valence-electron chi connectivity index (χ4n) is 1.32. The number of hydrogen-bond acceptors (Lipinski definition) is 1. The van der Waals surface area contributed by atoms with E-state index in [4.69, 9.17) is 11.6 Å². The van der Waals surface area contributed by atoms with Crippen LogP contribution in [0.3, 0.4) is 0 Å². The molecule has 0 aromatic heterocycles. The number of benzene rings is 1. The molecule has 0 saturated heterocycles. The average molecular weight is 316 g/mol. The van der Waals surface area contributed by atoms with Gasteiger partial charge in [0.25, 0.3) is 0 Å². The lowest BCUT2D eigenvalue weighted by molar-refractivity contribution is -0.108. The molecule has 0 N–H and O–H groups in total. The first-order valence-electron chi connectivity index (χ1n) is 4.36. The van der Waals surface area contributed by atoms with E-state index in [9.17, 15) is 18.0 Å². The third-order valence-corrected chi connectivity index (χ3v) is 3.29. The largest absolute Gasteiger partial charge is 0.303 e. The molecule has 1 rings (SSSR count). The van der Waals surface area contributed by atoms with Gasteiger partial charge in [0.2, 0.25) is 0 Å². The van der Waals surface area contributed by atoms with Gasteiger partial charge in [-0.1, -0.05) is 18.5 Å². The van der Waals surface area contributed by atoms with Gasteiger partial charge in [-0.25, -0.2) is 13.2 Å². The molecule has 1 aromatic rings. The number of rotatable bonds is 3. The van der Waals surface area contributed by atoms with Crippen LogP contribution in [0.15, 0.2) is 4.47 Å². The SMILES string of the molecule is CC(CC=O)c1c(F)c(F)c(Cl)c(F)c1Br. The molecule has 0 spiro atoms. The topological polar surface area (TPSA) is 17.1 Å². The van der Waals surface area contributed by atoms with Crippen molar-refractivity contribution in [1.29, 1.82) is 0 Å². The Morgan fingerprint density at radius 2 is 1.88 bits per heavy atom. The Bertz CT molecular complexity index is 408. The van der Waals surface area contributed by atoms with E-state index in [0.29, 0.717) is 6.29 Å². The third kappa shape index (κ3) is 2.25. The molecule has 0 heterocycles. The molecule has 0 radical (unpaired) electrons. The Kier molecular flexibility index (Phi) is 4.38. The van der Waals surface area contributed by atoms with E-state index in [1.54, 1.807) is 0 Å². The predicted molar refractivity (Wildman–Crippen MR) is 58.1 cm³/mol. The van der Waals surface area contributed by atoms with E-state index in [2.05, 4.69) is 15.9 Å². The van der Waals surface area contributed by atoms with Crippen LogP contribution >= 0.6 is 27.5 Å². The van der Waals surface area contributed by atoms with Crippen LogP contribution in [0.5, 0.6) is 0 Å². The molecule has 0 aliphatic rings. The fraction of sp³-hybridized carbons (Fsp3) is 0.300. The second kappa shape index (κ2) is 5.19. The van der Waals surface area contributed by atoms with E-state index in [1.807, 2.05) is 0 Å². The van der Waals surface area contributed by atoms with Crippen molar-refractivity contribution in [3.8, 4) is 0 Å². The van der Waals surface area contributed by atoms with Gasteiger partial charge in [-0.2, -0.15) is 0 Å². The smallest absolute Gasteiger partial charge is 0.180 e. The molecule has 0 bridgehead atoms. The van der Waals surface area contributed by atoms with Gasteiger partial charge < -0.3 is 4.79 Å². The lowest BCUT2D eigenvalue weighted by atomic mass is 9.97. The quantitative estimate of drug-likeness (QED) is 0.464. The summed E-state index contributed by atoms with van der Waals surface area (Å²) in [5, 5.41) is -0.897. The maximum atomic E-state index is 13.5. The minimum Gasteiger partial charge on any atom is -0.303 e. The van der Waals surface area contributed by atoms with E-state index in [0.717, 1.165) is 0 Å². The Balaban J connectivity index is 3.44. The summed E-state index contributed by atoms with van der Waals surface area (Å²) < 4.78 is 39.8. The minimum atomic E-state index is -1.44. The van der Waals surface area contributed by atoms with Crippen LogP contribution in [-0.4, -0.2) is 6.29 Å². The number of halogens is 5. The van der Waals surface area contributed by atoms with Crippen LogP contribution in [0.1, 0.15) is 24.8 Å². The summed E-state index contributed by atoms with van der Waals surface area (Å²) in [6, 6.07) is 0. The van der Waals surface area contributed by atoms with Gasteiger partial charge in [-0.3, -0.25) is 0 Å². The van der Waals surface area contributed by atoms with Crippen molar-refractivity contribution in [3.63, 3.8) is 0 Å². The lowest BCUT2D eigenvalue weighted by Gasteiger charge is -2.14. The van der Waals surface area contributed by atoms with Gasteiger partial charge >= 0.3 is 0 Å². The molecule has 0 amide bonds. The van der Waals surface area contributed by atoms with E-state index >= 15 is 0 Å². The lowest BCUT2D eigenvalue weighted by Crippen LogP contribution is -2.05. The first-order valence-corrected chi connectivity index (χ1v) is 5.53. The third-order valence-electron chi connectivity index (χ3n) is 2.19. The summed E-state index contributed by atoms with van der Waals surface area (Å²) in [6.45, 7) is 1.49. The van der Waals surface area contributed by atoms with Crippen LogP contribution in [0.2, 0.25) is 5.02 Å². The van der Waals surface area contributed by atoms with Gasteiger partial charge in [-0.05, 0) is 21.8 Å². The molecular formula is C10H7BrClF3O. The van der Waals surface area contributed by atoms with Crippen LogP contribution in [0, 0.1) is 17.5 Å². The van der Waals surface area contributed by atoms with Crippen molar-refractivity contribution < 1.29 is 18.0 Å². The molecular weight excluding hydrogens is 308 g/mol. The van der Waals surface area contributed by atoms with E-state index < -0.39 is 28.4 Å². The molecule has 1 unspecified atom stereocenters. The normalized spacial score (nSPS) is 12.6. The molecule has 0 aliphatic heterocycles. The zero-order valence-corrected chi connectivity index (χ0v) is 10.5. The highest BCUT2D eigenvalue weighted by molar-refractivity contribution is 9.10. The van der Waals surface area contributed by atoms with Crippen LogP contribution in [0.25, 0.3) is 0 Å². The van der Waals surface area contributed by atoms with Gasteiger partial charge in [0, 0.05) is 12.0 Å². The highest BCUT2D eigenvalue weighted by Gasteiger charge is 2.25. The van der Waals surface area contributed by atoms with Crippen molar-refractivity contribution in [2.45, 2.75) is 19.3 Å². The molecule has 6 heteroatoms. The Morgan fingerprint density at radius 1 is 1.31 bits per heavy atom. The maximum Gasteiger partial charge on any atom is 0.180 e. The summed E-state index contributed by atoms with van der Waals surface area (Å²) >= 11 is 8.06. The van der Waals surface area contributed by atoms with Crippen molar-refractivity contribution in [3.05, 3.63) is 32.5 Å². The zero-order valence-electron chi connectivity index (χ0n) is 8.16. The van der Waals surface area contributed by atoms with Crippen LogP contribution < -0.4 is 0 Å². The Hall–Kier alpha value is -0.550. The number of hydrogen-bond donors (Lipinski definition) is 0. The molecule has 0 saturated carbocycles. The molecule has 1 aromatic carbocycles. The van der Waals surface area contributed by atoms with Crippen LogP contribution in [-0.2, 0) is 4.79 Å². The number of carbonyl (C=O) groups excluding carboxylic acids is 1. The van der Waals surface area contributed by atoms with Gasteiger partial charge in [0.05, 0.1) is 4.47 Å². The molecule has 1 atom stereocenters. The number of carbonyl (C=O) groups is 1. The van der Waals surface area contributed by atoms with Crippen molar-refractivity contribution in [2.24, 2.45) is 0 Å². The first-order chi connectivity index (χ1) is 7.41. The van der Waals surface area contributed by atoms with Crippen molar-refractivity contribution in [2.75, 3.05) is 0 Å². The molecule has 88 valence electrons. The summed E-state index contributed by atoms with van der Waals surface area (Å²) in [4.78, 5) is 10.3. The Morgan fingerprint density at radius 3 is 2.38 bits per heavy atom. The molecule has 0 aliphatic carbocycles. The van der Waals surface area contributed by atoms with E-state index in [-0.39, 0.29) is 16.5 Å². The highest BCUT2D eigenvalue weighted by Crippen LogP contribution is 2.37. The van der Waals surface area contributed by atoms with Gasteiger partial charge in [0.15, 0.2) is 17.5 Å². The summed E-state index contributed by atoms with van der Waals surface area (Å²) in [5.41, 5.74) is -0.216. The highest BCUT2D eigenvalue weighted by atomic mass is 79.9. The molecule has 0 fully saturated rings. The first kappa shape index (κ1) is 13.5. The van der Waals surface area contributed by atoms with Crippen LogP contribution in [0.4, 0.5) is 13.2 Å². The predicted octanol–water partition coefficient (Wildman–Crippen LogP) is 4.21.